The molecule has 26 heavy (non-hydrogen) atoms. The number of nitrogens with one attached hydrogen (secondary N) is 2. The molecule has 9 heteroatoms. The maximum Gasteiger partial charge on any atom is 0.238 e. The lowest BCUT2D eigenvalue weighted by atomic mass is 10.1. The van der Waals surface area contributed by atoms with Crippen LogP contribution in [0.5, 0.6) is 0 Å². The number of primary sulfonamides is 1. The molecule has 0 spiro atoms. The van der Waals surface area contributed by atoms with Crippen molar-refractivity contribution in [1.29, 1.82) is 0 Å². The number of benzene rings is 1. The van der Waals surface area contributed by atoms with Crippen molar-refractivity contribution in [2.24, 2.45) is 10.1 Å². The number of thiophene rings is 1. The molecule has 6 nitrogen and oxygen atoms in total. The van der Waals surface area contributed by atoms with Gasteiger partial charge in [0.2, 0.25) is 10.0 Å². The zero-order valence-corrected chi connectivity index (χ0v) is 18.8. The highest BCUT2D eigenvalue weighted by molar-refractivity contribution is 14.0. The zero-order valence-electron chi connectivity index (χ0n) is 14.8. The third kappa shape index (κ3) is 7.22. The quantitative estimate of drug-likeness (QED) is 0.304. The number of halogens is 1. The van der Waals surface area contributed by atoms with Crippen molar-refractivity contribution < 1.29 is 8.42 Å². The van der Waals surface area contributed by atoms with E-state index < -0.39 is 10.0 Å². The number of nitrogens with two attached hydrogens (primary N) is 1. The monoisotopic (exact) mass is 508 g/mol. The minimum absolute atomic E-state index is 0. The van der Waals surface area contributed by atoms with Crippen LogP contribution in [0.1, 0.15) is 24.0 Å². The van der Waals surface area contributed by atoms with Crippen LogP contribution in [0.15, 0.2) is 51.0 Å². The molecule has 144 valence electrons. The Labute approximate surface area is 176 Å². The Morgan fingerprint density at radius 1 is 1.23 bits per heavy atom. The number of guanidine groups is 1. The molecule has 0 amide bonds. The minimum Gasteiger partial charge on any atom is -0.356 e. The average molecular weight is 508 g/mol. The van der Waals surface area contributed by atoms with Gasteiger partial charge in [-0.25, -0.2) is 13.6 Å². The third-order valence-corrected chi connectivity index (χ3v) is 5.50. The molecule has 1 heterocycles. The fourth-order valence-corrected chi connectivity index (χ4v) is 3.61. The van der Waals surface area contributed by atoms with Crippen molar-refractivity contribution in [2.45, 2.75) is 24.2 Å². The SMILES string of the molecule is CN=C(NCCc1ccc(S(N)(=O)=O)cc1)NCC(C)c1ccsc1.I. The molecule has 2 rings (SSSR count). The van der Waals surface area contributed by atoms with Crippen LogP contribution in [-0.4, -0.2) is 34.5 Å². The van der Waals surface area contributed by atoms with Crippen LogP contribution in [-0.2, 0) is 16.4 Å². The summed E-state index contributed by atoms with van der Waals surface area (Å²) in [6.45, 7) is 3.68. The van der Waals surface area contributed by atoms with Crippen molar-refractivity contribution in [1.82, 2.24) is 10.6 Å². The van der Waals surface area contributed by atoms with Crippen LogP contribution < -0.4 is 15.8 Å². The second-order valence-corrected chi connectivity index (χ2v) is 8.12. The number of aliphatic imine (C=N–C) groups is 1. The first kappa shape index (κ1) is 22.9. The first-order valence-corrected chi connectivity index (χ1v) is 10.5. The van der Waals surface area contributed by atoms with Crippen molar-refractivity contribution in [3.05, 3.63) is 52.2 Å². The summed E-state index contributed by atoms with van der Waals surface area (Å²) < 4.78 is 22.5. The third-order valence-electron chi connectivity index (χ3n) is 3.87. The van der Waals surface area contributed by atoms with Gasteiger partial charge in [0, 0.05) is 20.1 Å². The van der Waals surface area contributed by atoms with Gasteiger partial charge in [-0.3, -0.25) is 4.99 Å². The van der Waals surface area contributed by atoms with E-state index in [1.165, 1.54) is 17.7 Å². The van der Waals surface area contributed by atoms with E-state index in [0.29, 0.717) is 12.5 Å². The van der Waals surface area contributed by atoms with E-state index in [1.807, 2.05) is 0 Å². The molecule has 0 bridgehead atoms. The van der Waals surface area contributed by atoms with E-state index in [1.54, 1.807) is 30.5 Å². The summed E-state index contributed by atoms with van der Waals surface area (Å²) in [5, 5.41) is 15.9. The summed E-state index contributed by atoms with van der Waals surface area (Å²) in [6, 6.07) is 8.74. The van der Waals surface area contributed by atoms with Gasteiger partial charge in [-0.05, 0) is 52.4 Å². The number of rotatable bonds is 7. The van der Waals surface area contributed by atoms with Crippen molar-refractivity contribution >= 4 is 51.3 Å². The minimum atomic E-state index is -3.64. The van der Waals surface area contributed by atoms with E-state index in [9.17, 15) is 8.42 Å². The lowest BCUT2D eigenvalue weighted by molar-refractivity contribution is 0.598. The van der Waals surface area contributed by atoms with Gasteiger partial charge in [-0.1, -0.05) is 19.1 Å². The lowest BCUT2D eigenvalue weighted by Gasteiger charge is -2.15. The molecule has 0 radical (unpaired) electrons. The molecule has 0 aliphatic rings. The highest BCUT2D eigenvalue weighted by atomic mass is 127. The maximum atomic E-state index is 11.2. The Bertz CT molecular complexity index is 791. The Hall–Kier alpha value is -1.17. The van der Waals surface area contributed by atoms with Gasteiger partial charge in [0.15, 0.2) is 5.96 Å². The first-order chi connectivity index (χ1) is 11.9. The molecule has 0 saturated carbocycles. The van der Waals surface area contributed by atoms with E-state index in [0.717, 1.165) is 24.5 Å². The number of sulfonamides is 1. The molecule has 4 N–H and O–H groups in total. The van der Waals surface area contributed by atoms with Gasteiger partial charge < -0.3 is 10.6 Å². The standard InChI is InChI=1S/C17H24N4O2S2.HI/c1-13(15-8-10-24-12-15)11-21-17(19-2)20-9-7-14-3-5-16(6-4-14)25(18,22)23;/h3-6,8,10,12-13H,7,9,11H2,1-2H3,(H2,18,22,23)(H2,19,20,21);1H. The molecule has 0 fully saturated rings. The van der Waals surface area contributed by atoms with Gasteiger partial charge >= 0.3 is 0 Å². The van der Waals surface area contributed by atoms with Gasteiger partial charge in [-0.15, -0.1) is 24.0 Å². The number of nitrogens with zero attached hydrogens (tertiary/aromatic N) is 1. The molecule has 0 aliphatic heterocycles. The van der Waals surface area contributed by atoms with Crippen molar-refractivity contribution in [2.75, 3.05) is 20.1 Å². The van der Waals surface area contributed by atoms with Crippen LogP contribution in [0, 0.1) is 0 Å². The second kappa shape index (κ2) is 10.9. The molecule has 0 saturated heterocycles. The highest BCUT2D eigenvalue weighted by Crippen LogP contribution is 2.16. The molecule has 1 aromatic heterocycles. The van der Waals surface area contributed by atoms with E-state index in [2.05, 4.69) is 39.4 Å². The van der Waals surface area contributed by atoms with Gasteiger partial charge in [0.25, 0.3) is 0 Å². The van der Waals surface area contributed by atoms with Gasteiger partial charge in [0.05, 0.1) is 4.90 Å². The fraction of sp³-hybridized carbons (Fsp3) is 0.353. The Kier molecular flexibility index (Phi) is 9.55. The summed E-state index contributed by atoms with van der Waals surface area (Å²) in [5.41, 5.74) is 2.35. The molecular weight excluding hydrogens is 483 g/mol. The van der Waals surface area contributed by atoms with Gasteiger partial charge in [0.1, 0.15) is 0 Å². The van der Waals surface area contributed by atoms with E-state index in [4.69, 9.17) is 5.14 Å². The van der Waals surface area contributed by atoms with Crippen LogP contribution in [0.3, 0.4) is 0 Å². The summed E-state index contributed by atoms with van der Waals surface area (Å²) in [6.07, 6.45) is 0.756. The normalized spacial score (nSPS) is 13.0. The zero-order chi connectivity index (χ0) is 18.3. The summed E-state index contributed by atoms with van der Waals surface area (Å²) >= 11 is 1.70. The topological polar surface area (TPSA) is 96.6 Å². The van der Waals surface area contributed by atoms with Crippen molar-refractivity contribution in [3.8, 4) is 0 Å². The number of hydrogen-bond acceptors (Lipinski definition) is 4. The van der Waals surface area contributed by atoms with Crippen LogP contribution in [0.2, 0.25) is 0 Å². The maximum absolute atomic E-state index is 11.2. The molecule has 1 aromatic carbocycles. The smallest absolute Gasteiger partial charge is 0.238 e. The van der Waals surface area contributed by atoms with E-state index in [-0.39, 0.29) is 28.9 Å². The molecule has 2 aromatic rings. The second-order valence-electron chi connectivity index (χ2n) is 5.78. The molecular formula is C17H25IN4O2S2. The largest absolute Gasteiger partial charge is 0.356 e. The highest BCUT2D eigenvalue weighted by Gasteiger charge is 2.08. The predicted molar refractivity (Wildman–Crippen MR) is 119 cm³/mol. The Morgan fingerprint density at radius 3 is 2.46 bits per heavy atom. The summed E-state index contributed by atoms with van der Waals surface area (Å²) in [7, 11) is -1.89. The van der Waals surface area contributed by atoms with Crippen LogP contribution in [0.4, 0.5) is 0 Å². The van der Waals surface area contributed by atoms with Crippen LogP contribution in [0.25, 0.3) is 0 Å². The average Bonchev–Trinajstić information content (AvgIpc) is 3.12. The lowest BCUT2D eigenvalue weighted by Crippen LogP contribution is -2.39. The summed E-state index contributed by atoms with van der Waals surface area (Å²) in [5.74, 6) is 1.17. The predicted octanol–water partition coefficient (Wildman–Crippen LogP) is 2.52. The Balaban J connectivity index is 0.00000338. The number of hydrogen-bond donors (Lipinski definition) is 3. The molecule has 0 aliphatic carbocycles. The fourth-order valence-electron chi connectivity index (χ4n) is 2.31. The van der Waals surface area contributed by atoms with Gasteiger partial charge in [-0.2, -0.15) is 11.3 Å². The molecule has 1 atom stereocenters. The van der Waals surface area contributed by atoms with Crippen LogP contribution >= 0.6 is 35.3 Å². The summed E-state index contributed by atoms with van der Waals surface area (Å²) in [4.78, 5) is 4.35. The molecule has 1 unspecified atom stereocenters. The Morgan fingerprint density at radius 2 is 1.92 bits per heavy atom. The first-order valence-electron chi connectivity index (χ1n) is 7.98. The van der Waals surface area contributed by atoms with E-state index >= 15 is 0 Å². The van der Waals surface area contributed by atoms with Crippen molar-refractivity contribution in [3.63, 3.8) is 0 Å².